The van der Waals surface area contributed by atoms with E-state index in [-0.39, 0.29) is 0 Å². The van der Waals surface area contributed by atoms with Gasteiger partial charge in [-0.05, 0) is 30.9 Å². The highest BCUT2D eigenvalue weighted by Gasteiger charge is 2.41. The normalized spacial score (nSPS) is 26.9. The number of rotatable bonds is 2. The molecule has 16 heavy (non-hydrogen) atoms. The van der Waals surface area contributed by atoms with Crippen LogP contribution in [0.4, 0.5) is 0 Å². The molecule has 1 aliphatic carbocycles. The Hall–Kier alpha value is -1.71. The minimum atomic E-state index is -2.20. The van der Waals surface area contributed by atoms with E-state index in [2.05, 4.69) is 15.1 Å². The van der Waals surface area contributed by atoms with Gasteiger partial charge < -0.3 is 0 Å². The molecule has 2 heterocycles. The van der Waals surface area contributed by atoms with Crippen molar-refractivity contribution < 1.29 is 4.11 Å². The van der Waals surface area contributed by atoms with Crippen LogP contribution in [0.5, 0.6) is 0 Å². The fourth-order valence-corrected chi connectivity index (χ4v) is 2.10. The van der Waals surface area contributed by atoms with Crippen LogP contribution in [0.25, 0.3) is 0 Å². The molecule has 2 atom stereocenters. The van der Waals surface area contributed by atoms with Crippen LogP contribution >= 0.6 is 0 Å². The van der Waals surface area contributed by atoms with E-state index in [0.717, 1.165) is 28.2 Å². The molecule has 0 aliphatic heterocycles. The molecule has 0 N–H and O–H groups in total. The Morgan fingerprint density at radius 2 is 2.44 bits per heavy atom. The van der Waals surface area contributed by atoms with Crippen molar-refractivity contribution >= 4 is 0 Å². The molecule has 4 nitrogen and oxygen atoms in total. The molecule has 2 aromatic heterocycles. The van der Waals surface area contributed by atoms with Gasteiger partial charge in [-0.1, -0.05) is 0 Å². The monoisotopic (exact) mass is 217 g/mol. The highest BCUT2D eigenvalue weighted by Crippen LogP contribution is 2.53. The Morgan fingerprint density at radius 1 is 1.50 bits per heavy atom. The van der Waals surface area contributed by atoms with Crippen LogP contribution < -0.4 is 0 Å². The predicted molar refractivity (Wildman–Crippen MR) is 60.1 cm³/mol. The average molecular weight is 217 g/mol. The maximum atomic E-state index is 7.30. The van der Waals surface area contributed by atoms with Gasteiger partial charge in [0, 0.05) is 35.1 Å². The third kappa shape index (κ3) is 1.60. The Labute approximate surface area is 98.6 Å². The van der Waals surface area contributed by atoms with Crippen LogP contribution in [0, 0.1) is 6.92 Å². The molecule has 0 bridgehead atoms. The van der Waals surface area contributed by atoms with Crippen LogP contribution in [0.2, 0.25) is 0 Å². The highest BCUT2D eigenvalue weighted by atomic mass is 15.2. The molecule has 0 radical (unpaired) electrons. The summed E-state index contributed by atoms with van der Waals surface area (Å²) < 4.78 is 23.0. The smallest absolute Gasteiger partial charge is 0.125 e. The zero-order chi connectivity index (χ0) is 13.6. The van der Waals surface area contributed by atoms with E-state index < -0.39 is 6.98 Å². The lowest BCUT2D eigenvalue weighted by Crippen LogP contribution is -1.93. The van der Waals surface area contributed by atoms with E-state index in [0.29, 0.717) is 11.8 Å². The van der Waals surface area contributed by atoms with E-state index in [1.807, 2.05) is 13.0 Å². The number of aryl methyl sites for hydroxylation is 2. The van der Waals surface area contributed by atoms with Gasteiger partial charge in [0.05, 0.1) is 6.20 Å². The van der Waals surface area contributed by atoms with Crippen LogP contribution in [0.1, 0.15) is 39.5 Å². The zero-order valence-electron chi connectivity index (χ0n) is 12.0. The van der Waals surface area contributed by atoms with Gasteiger partial charge in [-0.25, -0.2) is 9.97 Å². The third-order valence-electron chi connectivity index (χ3n) is 3.00. The van der Waals surface area contributed by atoms with Crippen molar-refractivity contribution in [1.29, 1.82) is 0 Å². The topological polar surface area (TPSA) is 43.6 Å². The van der Waals surface area contributed by atoms with Crippen molar-refractivity contribution in [2.75, 3.05) is 0 Å². The van der Waals surface area contributed by atoms with Gasteiger partial charge in [0.2, 0.25) is 0 Å². The molecule has 4 heteroatoms. The molecule has 82 valence electrons. The molecule has 3 rings (SSSR count). The lowest BCUT2D eigenvalue weighted by molar-refractivity contribution is 0.766. The van der Waals surface area contributed by atoms with Crippen LogP contribution in [0.3, 0.4) is 0 Å². The molecule has 0 unspecified atom stereocenters. The predicted octanol–water partition coefficient (Wildman–Crippen LogP) is 1.79. The molecule has 0 spiro atoms. The van der Waals surface area contributed by atoms with Crippen molar-refractivity contribution in [3.8, 4) is 0 Å². The zero-order valence-corrected chi connectivity index (χ0v) is 8.96. The summed E-state index contributed by atoms with van der Waals surface area (Å²) in [5.74, 6) is 1.45. The SMILES string of the molecule is [2H]C([2H])([2H])n1cc([C@H]2C[C@@H]2c2ccnc(C)n2)cn1. The summed E-state index contributed by atoms with van der Waals surface area (Å²) in [5.41, 5.74) is 2.00. The van der Waals surface area contributed by atoms with E-state index in [9.17, 15) is 0 Å². The van der Waals surface area contributed by atoms with E-state index >= 15 is 0 Å². The molecular formula is C12H14N4. The van der Waals surface area contributed by atoms with Gasteiger partial charge >= 0.3 is 0 Å². The molecule has 0 saturated heterocycles. The summed E-state index contributed by atoms with van der Waals surface area (Å²) in [7, 11) is 0. The summed E-state index contributed by atoms with van der Waals surface area (Å²) in [6.45, 7) is -0.332. The highest BCUT2D eigenvalue weighted by molar-refractivity contribution is 5.30. The first kappa shape index (κ1) is 6.78. The standard InChI is InChI=1S/C12H14N4/c1-8-13-4-3-12(15-8)11-5-10(11)9-6-14-16(2)7-9/h3-4,6-7,10-11H,5H2,1-2H3/t10-,11+/m1/s1/i2D3. The van der Waals surface area contributed by atoms with Crippen molar-refractivity contribution in [3.05, 3.63) is 41.7 Å². The molecule has 1 fully saturated rings. The molecule has 1 aliphatic rings. The first-order chi connectivity index (χ1) is 8.95. The quantitative estimate of drug-likeness (QED) is 0.770. The summed E-state index contributed by atoms with van der Waals surface area (Å²) in [6.07, 6.45) is 6.01. The number of hydrogen-bond donors (Lipinski definition) is 0. The van der Waals surface area contributed by atoms with Crippen molar-refractivity contribution in [2.24, 2.45) is 6.98 Å². The van der Waals surface area contributed by atoms with Crippen LogP contribution in [0.15, 0.2) is 24.7 Å². The number of hydrogen-bond acceptors (Lipinski definition) is 3. The van der Waals surface area contributed by atoms with Gasteiger partial charge in [0.1, 0.15) is 5.82 Å². The van der Waals surface area contributed by atoms with Crippen LogP contribution in [-0.4, -0.2) is 19.7 Å². The summed E-state index contributed by atoms with van der Waals surface area (Å²) in [4.78, 5) is 8.50. The average Bonchev–Trinajstić information content (AvgIpc) is 2.96. The van der Waals surface area contributed by atoms with Gasteiger partial charge in [-0.15, -0.1) is 0 Å². The molecule has 2 aromatic rings. The Balaban J connectivity index is 1.78. The van der Waals surface area contributed by atoms with Gasteiger partial charge in [0.25, 0.3) is 0 Å². The fourth-order valence-electron chi connectivity index (χ4n) is 2.10. The van der Waals surface area contributed by atoms with E-state index in [1.54, 1.807) is 18.6 Å². The second kappa shape index (κ2) is 3.40. The minimum absolute atomic E-state index is 0.324. The lowest BCUT2D eigenvalue weighted by Gasteiger charge is -1.98. The summed E-state index contributed by atoms with van der Waals surface area (Å²) >= 11 is 0. The van der Waals surface area contributed by atoms with Gasteiger partial charge in [0.15, 0.2) is 0 Å². The summed E-state index contributed by atoms with van der Waals surface area (Å²) in [5, 5.41) is 3.92. The second-order valence-corrected chi connectivity index (χ2v) is 4.20. The van der Waals surface area contributed by atoms with Crippen LogP contribution in [-0.2, 0) is 6.98 Å². The fraction of sp³-hybridized carbons (Fsp3) is 0.417. The van der Waals surface area contributed by atoms with Crippen molar-refractivity contribution in [3.63, 3.8) is 0 Å². The Kier molecular flexibility index (Phi) is 1.44. The molecular weight excluding hydrogens is 200 g/mol. The third-order valence-corrected chi connectivity index (χ3v) is 3.00. The minimum Gasteiger partial charge on any atom is -0.276 e. The molecule has 0 amide bonds. The van der Waals surface area contributed by atoms with E-state index in [4.69, 9.17) is 4.11 Å². The lowest BCUT2D eigenvalue weighted by atomic mass is 10.1. The van der Waals surface area contributed by atoms with Crippen molar-refractivity contribution in [1.82, 2.24) is 19.7 Å². The van der Waals surface area contributed by atoms with Gasteiger partial charge in [-0.2, -0.15) is 5.10 Å². The maximum absolute atomic E-state index is 7.30. The summed E-state index contributed by atoms with van der Waals surface area (Å²) in [6, 6.07) is 1.92. The Bertz CT molecular complexity index is 605. The Morgan fingerprint density at radius 3 is 3.19 bits per heavy atom. The molecule has 1 saturated carbocycles. The van der Waals surface area contributed by atoms with Crippen molar-refractivity contribution in [2.45, 2.75) is 25.2 Å². The first-order valence-corrected chi connectivity index (χ1v) is 5.30. The maximum Gasteiger partial charge on any atom is 0.125 e. The van der Waals surface area contributed by atoms with E-state index in [1.165, 1.54) is 0 Å². The first-order valence-electron chi connectivity index (χ1n) is 6.80. The number of aromatic nitrogens is 4. The molecule has 0 aromatic carbocycles. The van der Waals surface area contributed by atoms with Gasteiger partial charge in [-0.3, -0.25) is 4.68 Å². The largest absolute Gasteiger partial charge is 0.276 e. The number of nitrogens with zero attached hydrogens (tertiary/aromatic N) is 4. The second-order valence-electron chi connectivity index (χ2n) is 4.20.